The van der Waals surface area contributed by atoms with Crippen molar-refractivity contribution in [2.45, 2.75) is 18.9 Å². The summed E-state index contributed by atoms with van der Waals surface area (Å²) in [5, 5.41) is 9.18. The number of hydrogen-bond donors (Lipinski definition) is 1. The summed E-state index contributed by atoms with van der Waals surface area (Å²) in [4.78, 5) is 30.7. The molecule has 0 amide bonds. The van der Waals surface area contributed by atoms with Crippen molar-refractivity contribution in [3.05, 3.63) is 126 Å². The Kier molecular flexibility index (Phi) is 5.42. The summed E-state index contributed by atoms with van der Waals surface area (Å²) in [5.74, 6) is -0.252. The minimum Gasteiger partial charge on any atom is -0.496 e. The topological polar surface area (TPSA) is 80.9 Å². The molecule has 6 rings (SSSR count). The predicted molar refractivity (Wildman–Crippen MR) is 139 cm³/mol. The molecule has 7 heteroatoms. The molecular weight excluding hydrogens is 472 g/mol. The van der Waals surface area contributed by atoms with Crippen molar-refractivity contribution in [1.29, 1.82) is 0 Å². The third-order valence-corrected chi connectivity index (χ3v) is 7.74. The van der Waals surface area contributed by atoms with Gasteiger partial charge in [0.15, 0.2) is 4.80 Å². The van der Waals surface area contributed by atoms with Crippen molar-refractivity contribution in [2.24, 2.45) is 4.99 Å². The molecule has 3 aromatic carbocycles. The maximum Gasteiger partial charge on any atom is 0.335 e. The normalized spacial score (nSPS) is 16.6. The zero-order chi connectivity index (χ0) is 24.8. The van der Waals surface area contributed by atoms with Crippen LogP contribution in [-0.2, 0) is 6.42 Å². The number of carboxylic acids is 1. The van der Waals surface area contributed by atoms with Gasteiger partial charge in [-0.15, -0.1) is 0 Å². The summed E-state index contributed by atoms with van der Waals surface area (Å²) in [6, 6.07) is 22.3. The summed E-state index contributed by atoms with van der Waals surface area (Å²) in [5.41, 5.74) is 6.19. The fourth-order valence-electron chi connectivity index (χ4n) is 5.06. The van der Waals surface area contributed by atoms with Crippen LogP contribution < -0.4 is 19.6 Å². The molecule has 0 bridgehead atoms. The summed E-state index contributed by atoms with van der Waals surface area (Å²) in [6.07, 6.45) is 3.49. The van der Waals surface area contributed by atoms with E-state index in [1.165, 1.54) is 16.9 Å². The monoisotopic (exact) mass is 494 g/mol. The highest BCUT2D eigenvalue weighted by Gasteiger charge is 2.33. The molecule has 1 aliphatic heterocycles. The zero-order valence-corrected chi connectivity index (χ0v) is 20.3. The van der Waals surface area contributed by atoms with Gasteiger partial charge < -0.3 is 9.84 Å². The number of fused-ring (bicyclic) bond motifs is 3. The Morgan fingerprint density at radius 3 is 2.58 bits per heavy atom. The van der Waals surface area contributed by atoms with Crippen LogP contribution in [0.1, 0.15) is 45.1 Å². The molecule has 2 aliphatic rings. The maximum absolute atomic E-state index is 13.8. The fourth-order valence-corrected chi connectivity index (χ4v) is 6.07. The molecule has 0 saturated heterocycles. The van der Waals surface area contributed by atoms with E-state index in [0.717, 1.165) is 46.6 Å². The molecule has 0 unspecified atom stereocenters. The number of ether oxygens (including phenoxy) is 1. The number of para-hydroxylation sites is 1. The van der Waals surface area contributed by atoms with Crippen molar-refractivity contribution >= 4 is 29.1 Å². The molecule has 0 spiro atoms. The van der Waals surface area contributed by atoms with Crippen molar-refractivity contribution in [3.8, 4) is 5.75 Å². The molecule has 1 N–H and O–H groups in total. The first kappa shape index (κ1) is 22.2. The van der Waals surface area contributed by atoms with E-state index in [2.05, 4.69) is 18.2 Å². The molecule has 6 nitrogen and oxygen atoms in total. The molecular formula is C29H22N2O4S. The smallest absolute Gasteiger partial charge is 0.335 e. The number of benzene rings is 3. The number of hydrogen-bond acceptors (Lipinski definition) is 5. The van der Waals surface area contributed by atoms with Crippen LogP contribution in [0.2, 0.25) is 0 Å². The standard InChI is InChI=1S/C29H22N2O4S/c1-35-23-9-5-4-8-21(23)26-22-15-14-18-6-2-3-7-20(18)25(22)30-29-31(26)27(32)24(36-29)16-17-10-12-19(13-11-17)28(33)34/h2-13,16,26H,14-15H2,1H3,(H,33,34)/b24-16+/t26-/m1/s1. The SMILES string of the molecule is COc1ccccc1[C@@H]1C2=C(N=c3s/c(=C/c4ccc(C(=O)O)cc4)c(=O)n31)c1ccccc1CC2. The van der Waals surface area contributed by atoms with Gasteiger partial charge >= 0.3 is 5.97 Å². The molecule has 0 fully saturated rings. The fraction of sp³-hybridized carbons (Fsp3) is 0.138. The van der Waals surface area contributed by atoms with Crippen molar-refractivity contribution in [3.63, 3.8) is 0 Å². The molecule has 178 valence electrons. The van der Waals surface area contributed by atoms with E-state index >= 15 is 0 Å². The van der Waals surface area contributed by atoms with Crippen LogP contribution in [0, 0.1) is 0 Å². The predicted octanol–water partition coefficient (Wildman–Crippen LogP) is 4.03. The first-order valence-electron chi connectivity index (χ1n) is 11.6. The molecule has 36 heavy (non-hydrogen) atoms. The number of allylic oxidation sites excluding steroid dienone is 1. The lowest BCUT2D eigenvalue weighted by Crippen LogP contribution is -2.39. The first-order chi connectivity index (χ1) is 17.5. The van der Waals surface area contributed by atoms with Gasteiger partial charge in [0.25, 0.3) is 5.56 Å². The van der Waals surface area contributed by atoms with E-state index < -0.39 is 5.97 Å². The Bertz CT molecular complexity index is 1730. The van der Waals surface area contributed by atoms with E-state index in [-0.39, 0.29) is 17.2 Å². The van der Waals surface area contributed by atoms with Gasteiger partial charge in [0.1, 0.15) is 5.75 Å². The Balaban J connectivity index is 1.60. The van der Waals surface area contributed by atoms with Crippen LogP contribution in [0.4, 0.5) is 0 Å². The van der Waals surface area contributed by atoms with Crippen molar-refractivity contribution in [1.82, 2.24) is 4.57 Å². The highest BCUT2D eigenvalue weighted by molar-refractivity contribution is 7.07. The molecule has 1 atom stereocenters. The summed E-state index contributed by atoms with van der Waals surface area (Å²) >= 11 is 1.35. The maximum atomic E-state index is 13.8. The number of aryl methyl sites for hydroxylation is 1. The largest absolute Gasteiger partial charge is 0.496 e. The molecule has 0 radical (unpaired) electrons. The van der Waals surface area contributed by atoms with Crippen molar-refractivity contribution in [2.75, 3.05) is 7.11 Å². The van der Waals surface area contributed by atoms with Gasteiger partial charge in [-0.05, 0) is 53.8 Å². The molecule has 0 saturated carbocycles. The van der Waals surface area contributed by atoms with Gasteiger partial charge in [-0.2, -0.15) is 0 Å². The van der Waals surface area contributed by atoms with Crippen LogP contribution in [0.15, 0.2) is 88.2 Å². The Morgan fingerprint density at radius 1 is 1.06 bits per heavy atom. The molecule has 2 heterocycles. The van der Waals surface area contributed by atoms with Crippen LogP contribution in [0.5, 0.6) is 5.75 Å². The lowest BCUT2D eigenvalue weighted by molar-refractivity contribution is 0.0697. The van der Waals surface area contributed by atoms with Crippen LogP contribution >= 0.6 is 11.3 Å². The van der Waals surface area contributed by atoms with Crippen molar-refractivity contribution < 1.29 is 14.6 Å². The quantitative estimate of drug-likeness (QED) is 0.465. The third-order valence-electron chi connectivity index (χ3n) is 6.76. The van der Waals surface area contributed by atoms with E-state index in [1.807, 2.05) is 30.3 Å². The van der Waals surface area contributed by atoms with E-state index in [1.54, 1.807) is 42.0 Å². The number of aromatic carboxylic acids is 1. The highest BCUT2D eigenvalue weighted by Crippen LogP contribution is 2.43. The zero-order valence-electron chi connectivity index (χ0n) is 19.5. The number of nitrogens with zero attached hydrogens (tertiary/aromatic N) is 2. The number of aromatic nitrogens is 1. The van der Waals surface area contributed by atoms with Crippen LogP contribution in [-0.4, -0.2) is 22.8 Å². The van der Waals surface area contributed by atoms with E-state index in [9.17, 15) is 14.7 Å². The van der Waals surface area contributed by atoms with Gasteiger partial charge in [-0.25, -0.2) is 9.79 Å². The second-order valence-electron chi connectivity index (χ2n) is 8.78. The molecule has 1 aromatic heterocycles. The van der Waals surface area contributed by atoms with E-state index in [4.69, 9.17) is 9.73 Å². The summed E-state index contributed by atoms with van der Waals surface area (Å²) in [6.45, 7) is 0. The van der Waals surface area contributed by atoms with Crippen LogP contribution in [0.3, 0.4) is 0 Å². The number of carboxylic acid groups (broad SMARTS) is 1. The third kappa shape index (κ3) is 3.60. The number of methoxy groups -OCH3 is 1. The summed E-state index contributed by atoms with van der Waals surface area (Å²) in [7, 11) is 1.65. The van der Waals surface area contributed by atoms with Gasteiger partial charge in [0.2, 0.25) is 0 Å². The Hall–Kier alpha value is -4.23. The van der Waals surface area contributed by atoms with Gasteiger partial charge in [-0.1, -0.05) is 65.9 Å². The lowest BCUT2D eigenvalue weighted by Gasteiger charge is -2.31. The second kappa shape index (κ2) is 8.77. The van der Waals surface area contributed by atoms with Gasteiger partial charge in [0.05, 0.1) is 28.9 Å². The number of thiazole rings is 1. The molecule has 4 aromatic rings. The number of rotatable bonds is 4. The minimum absolute atomic E-state index is 0.123. The number of carbonyl (C=O) groups is 1. The first-order valence-corrected chi connectivity index (χ1v) is 12.5. The molecule has 1 aliphatic carbocycles. The van der Waals surface area contributed by atoms with Gasteiger partial charge in [-0.3, -0.25) is 9.36 Å². The highest BCUT2D eigenvalue weighted by atomic mass is 32.1. The minimum atomic E-state index is -0.983. The Labute approximate surface area is 210 Å². The Morgan fingerprint density at radius 2 is 1.81 bits per heavy atom. The van der Waals surface area contributed by atoms with E-state index in [0.29, 0.717) is 9.33 Å². The second-order valence-corrected chi connectivity index (χ2v) is 9.79. The van der Waals surface area contributed by atoms with Crippen LogP contribution in [0.25, 0.3) is 11.8 Å². The average Bonchev–Trinajstić information content (AvgIpc) is 3.22. The lowest BCUT2D eigenvalue weighted by atomic mass is 9.83. The van der Waals surface area contributed by atoms with Gasteiger partial charge in [0, 0.05) is 11.1 Å². The average molecular weight is 495 g/mol. The summed E-state index contributed by atoms with van der Waals surface area (Å²) < 4.78 is 8.05.